The van der Waals surface area contributed by atoms with Crippen molar-refractivity contribution >= 4 is 16.4 Å². The molecular weight excluding hydrogens is 316 g/mol. The first-order valence-electron chi connectivity index (χ1n) is 8.98. The molecule has 0 N–H and O–H groups in total. The Hall–Kier alpha value is -0.326. The van der Waals surface area contributed by atoms with Crippen molar-refractivity contribution in [3.8, 4) is 0 Å². The van der Waals surface area contributed by atoms with Crippen LogP contribution in [0.3, 0.4) is 0 Å². The van der Waals surface area contributed by atoms with Gasteiger partial charge in [0.1, 0.15) is 0 Å². The third-order valence-corrected chi connectivity index (χ3v) is 11.9. The number of ether oxygens (including phenoxy) is 1. The fourth-order valence-corrected chi connectivity index (χ4v) is 6.01. The molecule has 0 aromatic rings. The van der Waals surface area contributed by atoms with Crippen LogP contribution in [0.1, 0.15) is 40.0 Å². The maximum absolute atomic E-state index is 6.75. The van der Waals surface area contributed by atoms with Gasteiger partial charge in [-0.1, -0.05) is 51.7 Å². The van der Waals surface area contributed by atoms with Crippen LogP contribution in [0.15, 0.2) is 23.1 Å². The second-order valence-corrected chi connectivity index (χ2v) is 19.1. The van der Waals surface area contributed by atoms with Crippen molar-refractivity contribution in [1.82, 2.24) is 0 Å². The summed E-state index contributed by atoms with van der Waals surface area (Å²) in [5, 5.41) is 1.84. The Balaban J connectivity index is 3.13. The van der Waals surface area contributed by atoms with Gasteiger partial charge < -0.3 is 9.16 Å². The molecule has 23 heavy (non-hydrogen) atoms. The van der Waals surface area contributed by atoms with Crippen LogP contribution < -0.4 is 0 Å². The first-order valence-corrected chi connectivity index (χ1v) is 15.4. The van der Waals surface area contributed by atoms with Crippen LogP contribution >= 0.6 is 0 Å². The number of hydrogen-bond donors (Lipinski definition) is 0. The molecule has 0 bridgehead atoms. The van der Waals surface area contributed by atoms with Crippen LogP contribution in [0.4, 0.5) is 0 Å². The Bertz CT molecular complexity index is 451. The fourth-order valence-electron chi connectivity index (χ4n) is 2.86. The van der Waals surface area contributed by atoms with E-state index in [0.29, 0.717) is 12.5 Å². The predicted molar refractivity (Wildman–Crippen MR) is 107 cm³/mol. The summed E-state index contributed by atoms with van der Waals surface area (Å²) in [5.41, 5.74) is 0. The lowest BCUT2D eigenvalue weighted by Crippen LogP contribution is -2.42. The van der Waals surface area contributed by atoms with Gasteiger partial charge in [-0.3, -0.25) is 0 Å². The van der Waals surface area contributed by atoms with Gasteiger partial charge in [0.15, 0.2) is 0 Å². The summed E-state index contributed by atoms with van der Waals surface area (Å²) in [7, 11) is -1.40. The SMILES string of the molecule is COC/C=C(/C1CCCC=C1O[Si](C)(C)C(C)(C)C)[Si](C)(C)C. The first-order chi connectivity index (χ1) is 10.4. The van der Waals surface area contributed by atoms with E-state index >= 15 is 0 Å². The number of allylic oxidation sites excluding steroid dienone is 2. The Morgan fingerprint density at radius 1 is 1.22 bits per heavy atom. The summed E-state index contributed by atoms with van der Waals surface area (Å²) < 4.78 is 12.1. The Labute approximate surface area is 146 Å². The largest absolute Gasteiger partial charge is 0.546 e. The van der Waals surface area contributed by atoms with Crippen molar-refractivity contribution in [2.24, 2.45) is 5.92 Å². The maximum atomic E-state index is 6.75. The van der Waals surface area contributed by atoms with E-state index in [9.17, 15) is 0 Å². The maximum Gasteiger partial charge on any atom is 0.250 e. The van der Waals surface area contributed by atoms with E-state index in [1.165, 1.54) is 18.6 Å². The van der Waals surface area contributed by atoms with Gasteiger partial charge in [0.2, 0.25) is 8.32 Å². The highest BCUT2D eigenvalue weighted by Gasteiger charge is 2.41. The predicted octanol–water partition coefficient (Wildman–Crippen LogP) is 6.14. The standard InChI is InChI=1S/C19H38O2Si2/c1-19(2,3)23(8,9)21-17-13-11-10-12-16(17)18(14-15-20-4)22(5,6)7/h13-14,16H,10-12,15H2,1-9H3/b18-14-. The van der Waals surface area contributed by atoms with Crippen molar-refractivity contribution in [2.75, 3.05) is 13.7 Å². The van der Waals surface area contributed by atoms with Crippen LogP contribution in [0, 0.1) is 5.92 Å². The molecule has 1 atom stereocenters. The zero-order valence-corrected chi connectivity index (χ0v) is 18.9. The third-order valence-electron chi connectivity index (χ3n) is 5.28. The van der Waals surface area contributed by atoms with Gasteiger partial charge in [-0.15, -0.1) is 0 Å². The van der Waals surface area contributed by atoms with Crippen molar-refractivity contribution < 1.29 is 9.16 Å². The molecule has 1 rings (SSSR count). The molecular formula is C19H38O2Si2. The van der Waals surface area contributed by atoms with E-state index in [1.807, 2.05) is 0 Å². The molecule has 0 radical (unpaired) electrons. The summed E-state index contributed by atoms with van der Waals surface area (Å²) >= 11 is 0. The van der Waals surface area contributed by atoms with Crippen LogP contribution in [0.2, 0.25) is 37.8 Å². The van der Waals surface area contributed by atoms with Gasteiger partial charge in [0.05, 0.1) is 20.4 Å². The van der Waals surface area contributed by atoms with E-state index in [0.717, 1.165) is 6.42 Å². The molecule has 0 aliphatic heterocycles. The molecule has 0 heterocycles. The second kappa shape index (κ2) is 7.70. The van der Waals surface area contributed by atoms with E-state index in [2.05, 4.69) is 65.7 Å². The molecule has 0 fully saturated rings. The average Bonchev–Trinajstić information content (AvgIpc) is 2.37. The van der Waals surface area contributed by atoms with Crippen LogP contribution in [0.5, 0.6) is 0 Å². The van der Waals surface area contributed by atoms with Crippen LogP contribution in [-0.4, -0.2) is 30.1 Å². The van der Waals surface area contributed by atoms with Gasteiger partial charge in [-0.2, -0.15) is 0 Å². The molecule has 0 aromatic heterocycles. The van der Waals surface area contributed by atoms with Crippen molar-refractivity contribution in [2.45, 2.75) is 77.8 Å². The molecule has 0 saturated heterocycles. The molecule has 0 saturated carbocycles. The quantitative estimate of drug-likeness (QED) is 0.533. The summed E-state index contributed by atoms with van der Waals surface area (Å²) in [4.78, 5) is 0. The van der Waals surface area contributed by atoms with Gasteiger partial charge in [-0.05, 0) is 43.5 Å². The molecule has 1 aliphatic rings. The Morgan fingerprint density at radius 2 is 1.83 bits per heavy atom. The summed E-state index contributed by atoms with van der Waals surface area (Å²) in [5.74, 6) is 1.73. The topological polar surface area (TPSA) is 18.5 Å². The summed E-state index contributed by atoms with van der Waals surface area (Å²) in [6.45, 7) is 19.7. The fraction of sp³-hybridized carbons (Fsp3) is 0.789. The third kappa shape index (κ3) is 5.61. The highest BCUT2D eigenvalue weighted by Crippen LogP contribution is 2.43. The van der Waals surface area contributed by atoms with Gasteiger partial charge in [0.25, 0.3) is 0 Å². The normalized spacial score (nSPS) is 21.2. The molecule has 1 unspecified atom stereocenters. The van der Waals surface area contributed by atoms with E-state index in [1.54, 1.807) is 12.3 Å². The first kappa shape index (κ1) is 20.7. The molecule has 134 valence electrons. The Kier molecular flexibility index (Phi) is 6.94. The van der Waals surface area contributed by atoms with Crippen molar-refractivity contribution in [3.63, 3.8) is 0 Å². The lowest BCUT2D eigenvalue weighted by atomic mass is 9.93. The van der Waals surface area contributed by atoms with Gasteiger partial charge in [-0.25, -0.2) is 0 Å². The molecule has 0 amide bonds. The number of methoxy groups -OCH3 is 1. The number of hydrogen-bond acceptors (Lipinski definition) is 2. The lowest BCUT2D eigenvalue weighted by Gasteiger charge is -2.41. The number of rotatable bonds is 6. The average molecular weight is 355 g/mol. The zero-order valence-electron chi connectivity index (χ0n) is 16.9. The molecule has 1 aliphatic carbocycles. The minimum Gasteiger partial charge on any atom is -0.546 e. The molecule has 2 nitrogen and oxygen atoms in total. The van der Waals surface area contributed by atoms with Crippen LogP contribution in [-0.2, 0) is 9.16 Å². The monoisotopic (exact) mass is 354 g/mol. The Morgan fingerprint density at radius 3 is 2.30 bits per heavy atom. The second-order valence-electron chi connectivity index (χ2n) is 9.32. The summed E-state index contributed by atoms with van der Waals surface area (Å²) in [6.07, 6.45) is 8.36. The van der Waals surface area contributed by atoms with E-state index in [-0.39, 0.29) is 5.04 Å². The lowest BCUT2D eigenvalue weighted by molar-refractivity contribution is 0.232. The molecule has 0 spiro atoms. The van der Waals surface area contributed by atoms with Crippen molar-refractivity contribution in [1.29, 1.82) is 0 Å². The highest BCUT2D eigenvalue weighted by molar-refractivity contribution is 6.83. The molecule has 0 aromatic carbocycles. The molecule has 4 heteroatoms. The van der Waals surface area contributed by atoms with E-state index < -0.39 is 16.4 Å². The minimum absolute atomic E-state index is 0.241. The van der Waals surface area contributed by atoms with Gasteiger partial charge in [0, 0.05) is 13.0 Å². The van der Waals surface area contributed by atoms with E-state index in [4.69, 9.17) is 9.16 Å². The minimum atomic E-state index is -1.78. The van der Waals surface area contributed by atoms with Crippen LogP contribution in [0.25, 0.3) is 0 Å². The van der Waals surface area contributed by atoms with Crippen molar-refractivity contribution in [3.05, 3.63) is 23.1 Å². The smallest absolute Gasteiger partial charge is 0.250 e. The van der Waals surface area contributed by atoms with Gasteiger partial charge >= 0.3 is 0 Å². The highest BCUT2D eigenvalue weighted by atomic mass is 28.4. The summed E-state index contributed by atoms with van der Waals surface area (Å²) in [6, 6.07) is 0. The zero-order chi connectivity index (χ0) is 17.9.